The number of nitrogens with zero attached hydrogens (tertiary/aromatic N) is 1. The molecule has 20 heavy (non-hydrogen) atoms. The molecule has 2 amide bonds. The summed E-state index contributed by atoms with van der Waals surface area (Å²) in [5, 5.41) is 2.77. The zero-order valence-electron chi connectivity index (χ0n) is 12.3. The lowest BCUT2D eigenvalue weighted by atomic mass is 10.0. The standard InChI is InChI=1S/C14H22N2O4/c1-14(2,3)20-13(19)16-7-6-10(11(17)8-16)15-12(18)9-4-5-9/h9-10H,4-8H2,1-3H3,(H,15,18)/t10-/m1/s1. The highest BCUT2D eigenvalue weighted by atomic mass is 16.6. The number of likely N-dealkylation sites (tertiary alicyclic amines) is 1. The lowest BCUT2D eigenvalue weighted by Crippen LogP contribution is -2.53. The van der Waals surface area contributed by atoms with E-state index >= 15 is 0 Å². The first-order valence-corrected chi connectivity index (χ1v) is 7.07. The van der Waals surface area contributed by atoms with Crippen molar-refractivity contribution in [1.29, 1.82) is 0 Å². The molecule has 0 radical (unpaired) electrons. The van der Waals surface area contributed by atoms with E-state index in [1.807, 2.05) is 0 Å². The van der Waals surface area contributed by atoms with Gasteiger partial charge in [0.15, 0.2) is 5.78 Å². The second-order valence-electron chi connectivity index (χ2n) is 6.49. The highest BCUT2D eigenvalue weighted by Crippen LogP contribution is 2.29. The van der Waals surface area contributed by atoms with Gasteiger partial charge in [0.2, 0.25) is 5.91 Å². The van der Waals surface area contributed by atoms with E-state index in [4.69, 9.17) is 4.74 Å². The first-order valence-electron chi connectivity index (χ1n) is 7.07. The average molecular weight is 282 g/mol. The van der Waals surface area contributed by atoms with E-state index < -0.39 is 17.7 Å². The van der Waals surface area contributed by atoms with Crippen molar-refractivity contribution >= 4 is 17.8 Å². The van der Waals surface area contributed by atoms with Gasteiger partial charge in [0.25, 0.3) is 0 Å². The SMILES string of the molecule is CC(C)(C)OC(=O)N1CC[C@@H](NC(=O)C2CC2)C(=O)C1. The van der Waals surface area contributed by atoms with Gasteiger partial charge in [0.1, 0.15) is 5.60 Å². The van der Waals surface area contributed by atoms with Crippen LogP contribution in [-0.4, -0.2) is 47.4 Å². The maximum Gasteiger partial charge on any atom is 0.410 e. The molecule has 2 rings (SSSR count). The van der Waals surface area contributed by atoms with Crippen molar-refractivity contribution in [2.75, 3.05) is 13.1 Å². The Hall–Kier alpha value is -1.59. The summed E-state index contributed by atoms with van der Waals surface area (Å²) in [4.78, 5) is 36.9. The first-order chi connectivity index (χ1) is 9.26. The van der Waals surface area contributed by atoms with E-state index in [1.165, 1.54) is 4.90 Å². The number of nitrogens with one attached hydrogen (secondary N) is 1. The lowest BCUT2D eigenvalue weighted by Gasteiger charge is -2.32. The van der Waals surface area contributed by atoms with E-state index in [1.54, 1.807) is 20.8 Å². The smallest absolute Gasteiger partial charge is 0.410 e. The third-order valence-electron chi connectivity index (χ3n) is 3.34. The predicted octanol–water partition coefficient (Wildman–Crippen LogP) is 1.09. The zero-order valence-corrected chi connectivity index (χ0v) is 12.3. The van der Waals surface area contributed by atoms with Gasteiger partial charge in [0.05, 0.1) is 12.6 Å². The number of carbonyl (C=O) groups excluding carboxylic acids is 3. The van der Waals surface area contributed by atoms with E-state index in [9.17, 15) is 14.4 Å². The quantitative estimate of drug-likeness (QED) is 0.822. The summed E-state index contributed by atoms with van der Waals surface area (Å²) in [6.45, 7) is 5.79. The number of amides is 2. The molecule has 1 saturated carbocycles. The molecule has 0 unspecified atom stereocenters. The van der Waals surface area contributed by atoms with Gasteiger partial charge in [-0.25, -0.2) is 4.79 Å². The second-order valence-corrected chi connectivity index (χ2v) is 6.49. The first kappa shape index (κ1) is 14.8. The van der Waals surface area contributed by atoms with Crippen LogP contribution in [0.5, 0.6) is 0 Å². The Bertz CT molecular complexity index is 423. The molecular weight excluding hydrogens is 260 g/mol. The van der Waals surface area contributed by atoms with Crippen LogP contribution in [0, 0.1) is 5.92 Å². The molecule has 2 fully saturated rings. The number of hydrogen-bond donors (Lipinski definition) is 1. The van der Waals surface area contributed by atoms with Crippen LogP contribution < -0.4 is 5.32 Å². The number of ketones is 1. The van der Waals surface area contributed by atoms with Gasteiger partial charge in [0, 0.05) is 12.5 Å². The van der Waals surface area contributed by atoms with Crippen molar-refractivity contribution in [3.05, 3.63) is 0 Å². The number of piperidine rings is 1. The van der Waals surface area contributed by atoms with Crippen LogP contribution in [0.15, 0.2) is 0 Å². The molecule has 112 valence electrons. The van der Waals surface area contributed by atoms with Crippen LogP contribution in [0.25, 0.3) is 0 Å². The summed E-state index contributed by atoms with van der Waals surface area (Å²) < 4.78 is 5.24. The van der Waals surface area contributed by atoms with Crippen LogP contribution in [0.2, 0.25) is 0 Å². The van der Waals surface area contributed by atoms with Crippen molar-refractivity contribution in [2.45, 2.75) is 51.7 Å². The minimum absolute atomic E-state index is 0.00449. The van der Waals surface area contributed by atoms with E-state index in [-0.39, 0.29) is 24.2 Å². The molecule has 0 aromatic rings. The fraction of sp³-hybridized carbons (Fsp3) is 0.786. The molecule has 0 aromatic heterocycles. The number of hydrogen-bond acceptors (Lipinski definition) is 4. The van der Waals surface area contributed by atoms with Gasteiger partial charge >= 0.3 is 6.09 Å². The third-order valence-corrected chi connectivity index (χ3v) is 3.34. The fourth-order valence-corrected chi connectivity index (χ4v) is 2.09. The van der Waals surface area contributed by atoms with Crippen molar-refractivity contribution in [1.82, 2.24) is 10.2 Å². The van der Waals surface area contributed by atoms with Crippen molar-refractivity contribution < 1.29 is 19.1 Å². The summed E-state index contributed by atoms with van der Waals surface area (Å²) in [5.74, 6) is -0.0723. The van der Waals surface area contributed by atoms with Gasteiger partial charge in [-0.3, -0.25) is 9.59 Å². The Kier molecular flexibility index (Phi) is 4.01. The van der Waals surface area contributed by atoms with Crippen LogP contribution in [0.3, 0.4) is 0 Å². The molecule has 0 aromatic carbocycles. The molecule has 1 aliphatic carbocycles. The molecule has 6 heteroatoms. The molecule has 1 aliphatic heterocycles. The maximum atomic E-state index is 12.0. The molecule has 2 aliphatic rings. The normalized spacial score (nSPS) is 23.4. The Morgan fingerprint density at radius 2 is 1.90 bits per heavy atom. The van der Waals surface area contributed by atoms with E-state index in [0.717, 1.165) is 12.8 Å². The maximum absolute atomic E-state index is 12.0. The van der Waals surface area contributed by atoms with Gasteiger partial charge in [-0.2, -0.15) is 0 Å². The zero-order chi connectivity index (χ0) is 14.9. The number of rotatable bonds is 2. The minimum atomic E-state index is -0.572. The van der Waals surface area contributed by atoms with Gasteiger partial charge in [-0.15, -0.1) is 0 Å². The summed E-state index contributed by atoms with van der Waals surface area (Å²) in [7, 11) is 0. The van der Waals surface area contributed by atoms with Crippen LogP contribution in [0.4, 0.5) is 4.79 Å². The minimum Gasteiger partial charge on any atom is -0.444 e. The molecule has 0 bridgehead atoms. The van der Waals surface area contributed by atoms with Crippen LogP contribution >= 0.6 is 0 Å². The van der Waals surface area contributed by atoms with E-state index in [2.05, 4.69) is 5.32 Å². The van der Waals surface area contributed by atoms with E-state index in [0.29, 0.717) is 13.0 Å². The largest absolute Gasteiger partial charge is 0.444 e. The van der Waals surface area contributed by atoms with Crippen molar-refractivity contribution in [2.24, 2.45) is 5.92 Å². The topological polar surface area (TPSA) is 75.7 Å². The number of ether oxygens (including phenoxy) is 1. The second kappa shape index (κ2) is 5.42. The highest BCUT2D eigenvalue weighted by molar-refractivity contribution is 5.93. The highest BCUT2D eigenvalue weighted by Gasteiger charge is 2.36. The molecule has 1 saturated heterocycles. The van der Waals surface area contributed by atoms with Gasteiger partial charge in [-0.1, -0.05) is 0 Å². The lowest BCUT2D eigenvalue weighted by molar-refractivity contribution is -0.130. The van der Waals surface area contributed by atoms with Crippen molar-refractivity contribution in [3.63, 3.8) is 0 Å². The molecule has 1 atom stereocenters. The number of Topliss-reactive ketones (excluding diaryl/α,β-unsaturated/α-hetero) is 1. The fourth-order valence-electron chi connectivity index (χ4n) is 2.09. The van der Waals surface area contributed by atoms with Gasteiger partial charge < -0.3 is 15.0 Å². The van der Waals surface area contributed by atoms with Gasteiger partial charge in [-0.05, 0) is 40.0 Å². The van der Waals surface area contributed by atoms with Crippen LogP contribution in [-0.2, 0) is 14.3 Å². The number of carbonyl (C=O) groups is 3. The van der Waals surface area contributed by atoms with Crippen LogP contribution in [0.1, 0.15) is 40.0 Å². The molecule has 6 nitrogen and oxygen atoms in total. The molecule has 1 N–H and O–H groups in total. The monoisotopic (exact) mass is 282 g/mol. The molecule has 1 heterocycles. The summed E-state index contributed by atoms with van der Waals surface area (Å²) in [6, 6.07) is -0.457. The Labute approximate surface area is 118 Å². The van der Waals surface area contributed by atoms with Crippen molar-refractivity contribution in [3.8, 4) is 0 Å². The third kappa shape index (κ3) is 3.95. The summed E-state index contributed by atoms with van der Waals surface area (Å²) >= 11 is 0. The summed E-state index contributed by atoms with van der Waals surface area (Å²) in [6.07, 6.45) is 1.81. The summed E-state index contributed by atoms with van der Waals surface area (Å²) in [5.41, 5.74) is -0.572. The Morgan fingerprint density at radius 3 is 2.40 bits per heavy atom. The predicted molar refractivity (Wildman–Crippen MR) is 72.1 cm³/mol. The molecular formula is C14H22N2O4. The Morgan fingerprint density at radius 1 is 1.25 bits per heavy atom. The average Bonchev–Trinajstić information content (AvgIpc) is 3.13. The Balaban J connectivity index is 1.83. The molecule has 0 spiro atoms.